The first-order valence-corrected chi connectivity index (χ1v) is 10.3. The number of rotatable bonds is 4. The van der Waals surface area contributed by atoms with Gasteiger partial charge in [0, 0.05) is 12.2 Å². The molecule has 0 fully saturated rings. The van der Waals surface area contributed by atoms with Gasteiger partial charge in [0.05, 0.1) is 0 Å². The number of sulfonamides is 1. The summed E-state index contributed by atoms with van der Waals surface area (Å²) < 4.78 is 27.2. The molecule has 0 bridgehead atoms. The summed E-state index contributed by atoms with van der Waals surface area (Å²) in [6, 6.07) is 14.9. The fourth-order valence-corrected chi connectivity index (χ4v) is 4.89. The Morgan fingerprint density at radius 2 is 1.92 bits per heavy atom. The van der Waals surface area contributed by atoms with Crippen molar-refractivity contribution in [2.45, 2.75) is 17.1 Å². The molecule has 0 saturated carbocycles. The molecule has 0 radical (unpaired) electrons. The highest BCUT2D eigenvalue weighted by Gasteiger charge is 2.20. The van der Waals surface area contributed by atoms with Crippen LogP contribution in [-0.4, -0.2) is 25.2 Å². The van der Waals surface area contributed by atoms with E-state index in [2.05, 4.69) is 32.0 Å². The number of para-hydroxylation sites is 1. The van der Waals surface area contributed by atoms with Crippen molar-refractivity contribution in [3.63, 3.8) is 0 Å². The Morgan fingerprint density at radius 1 is 1.04 bits per heavy atom. The Kier molecular flexibility index (Phi) is 4.14. The number of thiophene rings is 1. The summed E-state index contributed by atoms with van der Waals surface area (Å²) in [5, 5.41) is 9.98. The quantitative estimate of drug-likeness (QED) is 0.759. The molecule has 128 valence electrons. The second-order valence-electron chi connectivity index (χ2n) is 5.70. The molecule has 0 aliphatic carbocycles. The summed E-state index contributed by atoms with van der Waals surface area (Å²) in [6.07, 6.45) is 2.10. The minimum Gasteiger partial charge on any atom is -0.325 e. The van der Waals surface area contributed by atoms with Crippen molar-refractivity contribution >= 4 is 38.7 Å². The number of nitrogens with zero attached hydrogens (tertiary/aromatic N) is 3. The first kappa shape index (κ1) is 16.0. The SMILES string of the molecule is O=S(=O)(Nc1ccc(N2CCCc3ccccc32)nn1)c1cccs1. The molecule has 25 heavy (non-hydrogen) atoms. The standard InChI is InChI=1S/C17H16N4O2S2/c22-25(23,17-8-4-12-24-17)20-15-9-10-16(19-18-15)21-11-3-6-13-5-1-2-7-14(13)21/h1-2,4-5,7-10,12H,3,6,11H2,(H,18,20). The summed E-state index contributed by atoms with van der Waals surface area (Å²) in [4.78, 5) is 2.11. The van der Waals surface area contributed by atoms with Crippen molar-refractivity contribution in [3.05, 3.63) is 59.5 Å². The van der Waals surface area contributed by atoms with Crippen LogP contribution in [0.5, 0.6) is 0 Å². The van der Waals surface area contributed by atoms with E-state index in [1.54, 1.807) is 29.6 Å². The van der Waals surface area contributed by atoms with Crippen molar-refractivity contribution in [1.82, 2.24) is 10.2 Å². The molecule has 1 aromatic carbocycles. The molecule has 0 atom stereocenters. The highest BCUT2D eigenvalue weighted by Crippen LogP contribution is 2.32. The Morgan fingerprint density at radius 3 is 2.68 bits per heavy atom. The monoisotopic (exact) mass is 372 g/mol. The van der Waals surface area contributed by atoms with Gasteiger partial charge in [-0.05, 0) is 48.1 Å². The highest BCUT2D eigenvalue weighted by molar-refractivity contribution is 7.94. The summed E-state index contributed by atoms with van der Waals surface area (Å²) in [5.41, 5.74) is 2.42. The Balaban J connectivity index is 1.57. The van der Waals surface area contributed by atoms with Gasteiger partial charge >= 0.3 is 0 Å². The second kappa shape index (κ2) is 6.45. The predicted molar refractivity (Wildman–Crippen MR) is 98.9 cm³/mol. The summed E-state index contributed by atoms with van der Waals surface area (Å²) in [6.45, 7) is 0.867. The van der Waals surface area contributed by atoms with Crippen LogP contribution >= 0.6 is 11.3 Å². The minimum atomic E-state index is -3.60. The van der Waals surface area contributed by atoms with E-state index in [1.807, 2.05) is 12.1 Å². The van der Waals surface area contributed by atoms with E-state index in [9.17, 15) is 8.42 Å². The lowest BCUT2D eigenvalue weighted by Gasteiger charge is -2.29. The van der Waals surface area contributed by atoms with Crippen molar-refractivity contribution < 1.29 is 8.42 Å². The molecule has 0 spiro atoms. The molecule has 3 heterocycles. The zero-order chi connectivity index (χ0) is 17.3. The average Bonchev–Trinajstić information content (AvgIpc) is 3.17. The molecule has 1 aliphatic heterocycles. The number of aromatic nitrogens is 2. The fourth-order valence-electron chi connectivity index (χ4n) is 2.90. The second-order valence-corrected chi connectivity index (χ2v) is 8.56. The molecular formula is C17H16N4O2S2. The first-order chi connectivity index (χ1) is 12.1. The predicted octanol–water partition coefficient (Wildman–Crippen LogP) is 3.42. The summed E-state index contributed by atoms with van der Waals surface area (Å²) >= 11 is 1.16. The van der Waals surface area contributed by atoms with E-state index in [0.29, 0.717) is 5.82 Å². The lowest BCUT2D eigenvalue weighted by Crippen LogP contribution is -2.25. The molecule has 1 aliphatic rings. The van der Waals surface area contributed by atoms with Gasteiger partial charge in [0.2, 0.25) is 0 Å². The van der Waals surface area contributed by atoms with Crippen LogP contribution < -0.4 is 9.62 Å². The topological polar surface area (TPSA) is 75.2 Å². The maximum absolute atomic E-state index is 12.2. The van der Waals surface area contributed by atoms with Crippen LogP contribution in [0.25, 0.3) is 0 Å². The third kappa shape index (κ3) is 3.22. The molecular weight excluding hydrogens is 356 g/mol. The minimum absolute atomic E-state index is 0.211. The van der Waals surface area contributed by atoms with Gasteiger partial charge in [-0.3, -0.25) is 4.72 Å². The van der Waals surface area contributed by atoms with Crippen molar-refractivity contribution in [3.8, 4) is 0 Å². The number of aryl methyl sites for hydroxylation is 1. The summed E-state index contributed by atoms with van der Waals surface area (Å²) in [7, 11) is -3.60. The Labute approximate surface area is 150 Å². The molecule has 4 rings (SSSR count). The van der Waals surface area contributed by atoms with Gasteiger partial charge in [-0.15, -0.1) is 21.5 Å². The zero-order valence-electron chi connectivity index (χ0n) is 13.3. The largest absolute Gasteiger partial charge is 0.325 e. The summed E-state index contributed by atoms with van der Waals surface area (Å²) in [5.74, 6) is 0.925. The molecule has 0 amide bonds. The lowest BCUT2D eigenvalue weighted by atomic mass is 10.0. The molecule has 8 heteroatoms. The number of fused-ring (bicyclic) bond motifs is 1. The van der Waals surface area contributed by atoms with Gasteiger partial charge in [0.1, 0.15) is 4.21 Å². The number of nitrogens with one attached hydrogen (secondary N) is 1. The number of anilines is 3. The average molecular weight is 372 g/mol. The van der Waals surface area contributed by atoms with Gasteiger partial charge < -0.3 is 4.90 Å². The van der Waals surface area contributed by atoms with Gasteiger partial charge in [-0.25, -0.2) is 8.42 Å². The van der Waals surface area contributed by atoms with E-state index in [4.69, 9.17) is 0 Å². The van der Waals surface area contributed by atoms with Crippen LogP contribution in [-0.2, 0) is 16.4 Å². The lowest BCUT2D eigenvalue weighted by molar-refractivity contribution is 0.603. The Hall–Kier alpha value is -2.45. The van der Waals surface area contributed by atoms with Crippen LogP contribution in [0.3, 0.4) is 0 Å². The number of benzene rings is 1. The maximum Gasteiger partial charge on any atom is 0.272 e. The van der Waals surface area contributed by atoms with Gasteiger partial charge in [0.15, 0.2) is 11.6 Å². The van der Waals surface area contributed by atoms with E-state index in [0.717, 1.165) is 36.4 Å². The first-order valence-electron chi connectivity index (χ1n) is 7.89. The smallest absolute Gasteiger partial charge is 0.272 e. The fraction of sp³-hybridized carbons (Fsp3) is 0.176. The van der Waals surface area contributed by atoms with E-state index < -0.39 is 10.0 Å². The van der Waals surface area contributed by atoms with E-state index in [1.165, 1.54) is 5.56 Å². The van der Waals surface area contributed by atoms with Crippen molar-refractivity contribution in [1.29, 1.82) is 0 Å². The molecule has 2 aromatic heterocycles. The van der Waals surface area contributed by atoms with Crippen LogP contribution in [0.15, 0.2) is 58.1 Å². The third-order valence-electron chi connectivity index (χ3n) is 4.04. The van der Waals surface area contributed by atoms with Crippen molar-refractivity contribution in [2.75, 3.05) is 16.2 Å². The molecule has 0 unspecified atom stereocenters. The van der Waals surface area contributed by atoms with Crippen LogP contribution in [0.4, 0.5) is 17.3 Å². The molecule has 0 saturated heterocycles. The van der Waals surface area contributed by atoms with E-state index in [-0.39, 0.29) is 10.0 Å². The van der Waals surface area contributed by atoms with Crippen LogP contribution in [0, 0.1) is 0 Å². The van der Waals surface area contributed by atoms with Gasteiger partial charge in [0.25, 0.3) is 10.0 Å². The molecule has 3 aromatic rings. The zero-order valence-corrected chi connectivity index (χ0v) is 14.9. The maximum atomic E-state index is 12.2. The van der Waals surface area contributed by atoms with Crippen LogP contribution in [0.1, 0.15) is 12.0 Å². The highest BCUT2D eigenvalue weighted by atomic mass is 32.2. The normalized spacial score (nSPS) is 14.2. The van der Waals surface area contributed by atoms with Gasteiger partial charge in [-0.2, -0.15) is 0 Å². The van der Waals surface area contributed by atoms with Gasteiger partial charge in [-0.1, -0.05) is 24.3 Å². The molecule has 6 nitrogen and oxygen atoms in total. The third-order valence-corrected chi connectivity index (χ3v) is 6.79. The molecule has 1 N–H and O–H groups in total. The Bertz CT molecular complexity index is 970. The van der Waals surface area contributed by atoms with Crippen molar-refractivity contribution in [2.24, 2.45) is 0 Å². The number of hydrogen-bond acceptors (Lipinski definition) is 6. The number of hydrogen-bond donors (Lipinski definition) is 1. The van der Waals surface area contributed by atoms with Crippen LogP contribution in [0.2, 0.25) is 0 Å². The van der Waals surface area contributed by atoms with E-state index >= 15 is 0 Å².